The van der Waals surface area contributed by atoms with Crippen LogP contribution in [0.25, 0.3) is 0 Å². The highest BCUT2D eigenvalue weighted by Gasteiger charge is 2.15. The molecular weight excluding hydrogens is 220 g/mol. The maximum atomic E-state index is 10.9. The standard InChI is InChI=1S/C12H18N2O3/c1-3-17-9-5-8-13-11-7-4-6-10(2)12(11)14(15)16/h4,6-7,13H,3,5,8-9H2,1-2H3. The summed E-state index contributed by atoms with van der Waals surface area (Å²) in [6.45, 7) is 5.72. The molecule has 1 rings (SSSR count). The van der Waals surface area contributed by atoms with Crippen LogP contribution in [0.5, 0.6) is 0 Å². The van der Waals surface area contributed by atoms with Gasteiger partial charge in [0.05, 0.1) is 4.92 Å². The Balaban J connectivity index is 2.58. The molecule has 94 valence electrons. The van der Waals surface area contributed by atoms with Gasteiger partial charge in [0.15, 0.2) is 0 Å². The first-order valence-corrected chi connectivity index (χ1v) is 5.72. The summed E-state index contributed by atoms with van der Waals surface area (Å²) in [5.74, 6) is 0. The van der Waals surface area contributed by atoms with Crippen LogP contribution in [0, 0.1) is 17.0 Å². The van der Waals surface area contributed by atoms with Gasteiger partial charge in [-0.25, -0.2) is 0 Å². The van der Waals surface area contributed by atoms with Crippen molar-refractivity contribution in [2.45, 2.75) is 20.3 Å². The summed E-state index contributed by atoms with van der Waals surface area (Å²) in [4.78, 5) is 10.6. The van der Waals surface area contributed by atoms with Gasteiger partial charge in [0.25, 0.3) is 5.69 Å². The van der Waals surface area contributed by atoms with Crippen molar-refractivity contribution in [2.24, 2.45) is 0 Å². The fourth-order valence-electron chi connectivity index (χ4n) is 1.59. The molecule has 0 saturated carbocycles. The zero-order chi connectivity index (χ0) is 12.7. The summed E-state index contributed by atoms with van der Waals surface area (Å²) in [5.41, 5.74) is 1.40. The number of benzene rings is 1. The van der Waals surface area contributed by atoms with Gasteiger partial charge in [-0.1, -0.05) is 12.1 Å². The van der Waals surface area contributed by atoms with E-state index in [0.29, 0.717) is 31.0 Å². The number of hydrogen-bond donors (Lipinski definition) is 1. The first kappa shape index (κ1) is 13.4. The Bertz CT molecular complexity index is 380. The van der Waals surface area contributed by atoms with Crippen molar-refractivity contribution in [3.05, 3.63) is 33.9 Å². The van der Waals surface area contributed by atoms with Crippen LogP contribution in [0.3, 0.4) is 0 Å². The second-order valence-electron chi connectivity index (χ2n) is 3.71. The largest absolute Gasteiger partial charge is 0.382 e. The predicted molar refractivity (Wildman–Crippen MR) is 67.4 cm³/mol. The number of ether oxygens (including phenoxy) is 1. The smallest absolute Gasteiger partial charge is 0.295 e. The van der Waals surface area contributed by atoms with Crippen molar-refractivity contribution in [1.82, 2.24) is 0 Å². The van der Waals surface area contributed by atoms with E-state index in [-0.39, 0.29) is 10.6 Å². The van der Waals surface area contributed by atoms with E-state index in [1.165, 1.54) is 0 Å². The third kappa shape index (κ3) is 4.03. The highest BCUT2D eigenvalue weighted by Crippen LogP contribution is 2.27. The molecule has 0 radical (unpaired) electrons. The highest BCUT2D eigenvalue weighted by atomic mass is 16.6. The van der Waals surface area contributed by atoms with Crippen LogP contribution < -0.4 is 5.32 Å². The Kier molecular flexibility index (Phi) is 5.42. The van der Waals surface area contributed by atoms with Crippen LogP contribution in [0.1, 0.15) is 18.9 Å². The lowest BCUT2D eigenvalue weighted by atomic mass is 10.1. The number of nitrogens with zero attached hydrogens (tertiary/aromatic N) is 1. The van der Waals surface area contributed by atoms with Gasteiger partial charge in [-0.15, -0.1) is 0 Å². The summed E-state index contributed by atoms with van der Waals surface area (Å²) in [7, 11) is 0. The van der Waals surface area contributed by atoms with Crippen LogP contribution in [-0.2, 0) is 4.74 Å². The maximum Gasteiger partial charge on any atom is 0.295 e. The third-order valence-electron chi connectivity index (χ3n) is 2.41. The molecule has 5 nitrogen and oxygen atoms in total. The number of nitrogens with one attached hydrogen (secondary N) is 1. The van der Waals surface area contributed by atoms with Crippen LogP contribution in [0.4, 0.5) is 11.4 Å². The first-order chi connectivity index (χ1) is 8.16. The molecule has 0 aliphatic heterocycles. The van der Waals surface area contributed by atoms with Gasteiger partial charge in [0, 0.05) is 25.3 Å². The summed E-state index contributed by atoms with van der Waals surface area (Å²) in [6, 6.07) is 5.28. The molecule has 0 unspecified atom stereocenters. The van der Waals surface area contributed by atoms with Gasteiger partial charge < -0.3 is 10.1 Å². The SMILES string of the molecule is CCOCCCNc1cccc(C)c1[N+](=O)[O-]. The highest BCUT2D eigenvalue weighted by molar-refractivity contribution is 5.64. The van der Waals surface area contributed by atoms with Crippen molar-refractivity contribution in [3.8, 4) is 0 Å². The molecule has 5 heteroatoms. The Morgan fingerprint density at radius 1 is 1.47 bits per heavy atom. The Labute approximate surface area is 101 Å². The number of anilines is 1. The number of nitro benzene ring substituents is 1. The molecule has 0 aromatic heterocycles. The number of nitro groups is 1. The molecule has 0 aliphatic carbocycles. The minimum Gasteiger partial charge on any atom is -0.382 e. The zero-order valence-electron chi connectivity index (χ0n) is 10.2. The molecule has 17 heavy (non-hydrogen) atoms. The number of rotatable bonds is 7. The van der Waals surface area contributed by atoms with Gasteiger partial charge in [0.1, 0.15) is 5.69 Å². The third-order valence-corrected chi connectivity index (χ3v) is 2.41. The Hall–Kier alpha value is -1.62. The van der Waals surface area contributed by atoms with E-state index in [4.69, 9.17) is 4.74 Å². The summed E-state index contributed by atoms with van der Waals surface area (Å²) in [5, 5.41) is 14.0. The van der Waals surface area contributed by atoms with E-state index in [2.05, 4.69) is 5.32 Å². The maximum absolute atomic E-state index is 10.9. The van der Waals surface area contributed by atoms with E-state index < -0.39 is 0 Å². The topological polar surface area (TPSA) is 64.4 Å². The minimum absolute atomic E-state index is 0.156. The monoisotopic (exact) mass is 238 g/mol. The number of aryl methyl sites for hydroxylation is 1. The van der Waals surface area contributed by atoms with E-state index in [1.54, 1.807) is 19.1 Å². The molecule has 0 spiro atoms. The summed E-state index contributed by atoms with van der Waals surface area (Å²) >= 11 is 0. The lowest BCUT2D eigenvalue weighted by molar-refractivity contribution is -0.384. The lowest BCUT2D eigenvalue weighted by Crippen LogP contribution is -2.07. The molecule has 1 aromatic carbocycles. The van der Waals surface area contributed by atoms with Crippen molar-refractivity contribution in [2.75, 3.05) is 25.1 Å². The minimum atomic E-state index is -0.347. The van der Waals surface area contributed by atoms with Crippen molar-refractivity contribution in [1.29, 1.82) is 0 Å². The predicted octanol–water partition coefficient (Wildman–Crippen LogP) is 2.74. The summed E-state index contributed by atoms with van der Waals surface area (Å²) < 4.78 is 5.20. The van der Waals surface area contributed by atoms with E-state index >= 15 is 0 Å². The second kappa shape index (κ2) is 6.85. The van der Waals surface area contributed by atoms with Crippen LogP contribution in [0.15, 0.2) is 18.2 Å². The van der Waals surface area contributed by atoms with Gasteiger partial charge in [0.2, 0.25) is 0 Å². The van der Waals surface area contributed by atoms with Crippen molar-refractivity contribution >= 4 is 11.4 Å². The molecule has 0 aliphatic rings. The van der Waals surface area contributed by atoms with Crippen molar-refractivity contribution < 1.29 is 9.66 Å². The molecule has 0 bridgehead atoms. The van der Waals surface area contributed by atoms with Crippen molar-refractivity contribution in [3.63, 3.8) is 0 Å². The molecule has 0 heterocycles. The average Bonchev–Trinajstić information content (AvgIpc) is 2.28. The average molecular weight is 238 g/mol. The van der Waals surface area contributed by atoms with Crippen LogP contribution in [0.2, 0.25) is 0 Å². The fourth-order valence-corrected chi connectivity index (χ4v) is 1.59. The van der Waals surface area contributed by atoms with Gasteiger partial charge in [-0.05, 0) is 26.3 Å². The van der Waals surface area contributed by atoms with E-state index in [0.717, 1.165) is 6.42 Å². The number of para-hydroxylation sites is 1. The Morgan fingerprint density at radius 3 is 2.88 bits per heavy atom. The van der Waals surface area contributed by atoms with Crippen LogP contribution in [-0.4, -0.2) is 24.7 Å². The quantitative estimate of drug-likeness (QED) is 0.450. The second-order valence-corrected chi connectivity index (χ2v) is 3.71. The van der Waals surface area contributed by atoms with Gasteiger partial charge in [-0.3, -0.25) is 10.1 Å². The Morgan fingerprint density at radius 2 is 2.24 bits per heavy atom. The molecule has 1 aromatic rings. The lowest BCUT2D eigenvalue weighted by Gasteiger charge is -2.08. The molecular formula is C12H18N2O3. The summed E-state index contributed by atoms with van der Waals surface area (Å²) in [6.07, 6.45) is 0.832. The van der Waals surface area contributed by atoms with Gasteiger partial charge in [-0.2, -0.15) is 0 Å². The molecule has 0 atom stereocenters. The van der Waals surface area contributed by atoms with Crippen LogP contribution >= 0.6 is 0 Å². The van der Waals surface area contributed by atoms with Gasteiger partial charge >= 0.3 is 0 Å². The molecule has 0 fully saturated rings. The number of hydrogen-bond acceptors (Lipinski definition) is 4. The van der Waals surface area contributed by atoms with E-state index in [1.807, 2.05) is 13.0 Å². The first-order valence-electron chi connectivity index (χ1n) is 5.72. The molecule has 1 N–H and O–H groups in total. The fraction of sp³-hybridized carbons (Fsp3) is 0.500. The zero-order valence-corrected chi connectivity index (χ0v) is 10.2. The van der Waals surface area contributed by atoms with E-state index in [9.17, 15) is 10.1 Å². The molecule has 0 saturated heterocycles. The normalized spacial score (nSPS) is 10.2. The molecule has 0 amide bonds.